The SMILES string of the molecule is CCC(CC)N(CC(C)C)C(=O)N[C@H](CC(N)=O)C(=O)O. The van der Waals surface area contributed by atoms with E-state index >= 15 is 0 Å². The molecular formula is C14H27N3O4. The third-order valence-electron chi connectivity index (χ3n) is 3.21. The predicted octanol–water partition coefficient (Wildman–Crippen LogP) is 1.17. The minimum Gasteiger partial charge on any atom is -0.480 e. The highest BCUT2D eigenvalue weighted by atomic mass is 16.4. The number of primary amides is 1. The lowest BCUT2D eigenvalue weighted by atomic mass is 10.1. The molecule has 0 rings (SSSR count). The molecule has 0 aliphatic carbocycles. The summed E-state index contributed by atoms with van der Waals surface area (Å²) in [6.07, 6.45) is 1.15. The Kier molecular flexibility index (Phi) is 8.42. The largest absolute Gasteiger partial charge is 0.480 e. The topological polar surface area (TPSA) is 113 Å². The summed E-state index contributed by atoms with van der Waals surface area (Å²) >= 11 is 0. The molecule has 7 heteroatoms. The third kappa shape index (κ3) is 6.97. The maximum absolute atomic E-state index is 12.3. The normalized spacial score (nSPS) is 12.3. The van der Waals surface area contributed by atoms with Crippen LogP contribution >= 0.6 is 0 Å². The van der Waals surface area contributed by atoms with Crippen LogP contribution in [0.1, 0.15) is 47.0 Å². The highest BCUT2D eigenvalue weighted by molar-refractivity contribution is 5.87. The fourth-order valence-electron chi connectivity index (χ4n) is 2.15. The molecule has 3 amide bonds. The lowest BCUT2D eigenvalue weighted by molar-refractivity contribution is -0.141. The van der Waals surface area contributed by atoms with Gasteiger partial charge in [-0.1, -0.05) is 27.7 Å². The van der Waals surface area contributed by atoms with Gasteiger partial charge >= 0.3 is 12.0 Å². The molecule has 0 saturated heterocycles. The molecule has 4 N–H and O–H groups in total. The third-order valence-corrected chi connectivity index (χ3v) is 3.21. The molecule has 122 valence electrons. The molecule has 0 aromatic heterocycles. The lowest BCUT2D eigenvalue weighted by Crippen LogP contribution is -2.53. The molecule has 0 unspecified atom stereocenters. The van der Waals surface area contributed by atoms with Gasteiger partial charge in [-0.15, -0.1) is 0 Å². The number of aliphatic carboxylic acids is 1. The molecule has 0 saturated carbocycles. The second kappa shape index (κ2) is 9.20. The number of hydrogen-bond acceptors (Lipinski definition) is 3. The van der Waals surface area contributed by atoms with Gasteiger partial charge in [-0.25, -0.2) is 9.59 Å². The van der Waals surface area contributed by atoms with Crippen LogP contribution in [0.2, 0.25) is 0 Å². The number of carbonyl (C=O) groups is 3. The summed E-state index contributed by atoms with van der Waals surface area (Å²) in [5, 5.41) is 11.4. The molecule has 21 heavy (non-hydrogen) atoms. The Hall–Kier alpha value is -1.79. The molecule has 0 aliphatic rings. The molecular weight excluding hydrogens is 274 g/mol. The van der Waals surface area contributed by atoms with Crippen molar-refractivity contribution in [1.29, 1.82) is 0 Å². The van der Waals surface area contributed by atoms with Gasteiger partial charge in [-0.2, -0.15) is 0 Å². The maximum atomic E-state index is 12.3. The summed E-state index contributed by atoms with van der Waals surface area (Å²) in [5.74, 6) is -1.77. The fourth-order valence-corrected chi connectivity index (χ4v) is 2.15. The van der Waals surface area contributed by atoms with Crippen LogP contribution in [0.15, 0.2) is 0 Å². The predicted molar refractivity (Wildman–Crippen MR) is 79.7 cm³/mol. The average Bonchev–Trinajstić information content (AvgIpc) is 2.36. The fraction of sp³-hybridized carbons (Fsp3) is 0.786. The highest BCUT2D eigenvalue weighted by Crippen LogP contribution is 2.12. The van der Waals surface area contributed by atoms with Crippen LogP contribution in [0.4, 0.5) is 4.79 Å². The van der Waals surface area contributed by atoms with Gasteiger partial charge in [0.2, 0.25) is 5.91 Å². The average molecular weight is 301 g/mol. The van der Waals surface area contributed by atoms with Crippen molar-refractivity contribution in [2.45, 2.75) is 59.0 Å². The van der Waals surface area contributed by atoms with Crippen LogP contribution in [0.5, 0.6) is 0 Å². The number of carboxylic acids is 1. The molecule has 0 aliphatic heterocycles. The summed E-state index contributed by atoms with van der Waals surface area (Å²) in [7, 11) is 0. The van der Waals surface area contributed by atoms with E-state index in [0.717, 1.165) is 12.8 Å². The van der Waals surface area contributed by atoms with E-state index in [4.69, 9.17) is 10.8 Å². The Morgan fingerprint density at radius 1 is 1.19 bits per heavy atom. The van der Waals surface area contributed by atoms with Gasteiger partial charge in [-0.3, -0.25) is 4.79 Å². The Morgan fingerprint density at radius 2 is 1.71 bits per heavy atom. The summed E-state index contributed by atoms with van der Waals surface area (Å²) in [6, 6.07) is -1.72. The molecule has 0 aromatic rings. The van der Waals surface area contributed by atoms with Crippen LogP contribution in [0.3, 0.4) is 0 Å². The van der Waals surface area contributed by atoms with Crippen molar-refractivity contribution in [3.63, 3.8) is 0 Å². The Labute approximate surface area is 125 Å². The van der Waals surface area contributed by atoms with Crippen molar-refractivity contribution >= 4 is 17.9 Å². The van der Waals surface area contributed by atoms with Gasteiger partial charge in [0.1, 0.15) is 6.04 Å². The van der Waals surface area contributed by atoms with Crippen molar-refractivity contribution in [3.8, 4) is 0 Å². The van der Waals surface area contributed by atoms with Gasteiger partial charge in [0.25, 0.3) is 0 Å². The summed E-state index contributed by atoms with van der Waals surface area (Å²) in [4.78, 5) is 35.9. The van der Waals surface area contributed by atoms with Gasteiger partial charge in [0, 0.05) is 12.6 Å². The van der Waals surface area contributed by atoms with E-state index in [1.165, 1.54) is 0 Å². The van der Waals surface area contributed by atoms with Crippen molar-refractivity contribution in [2.24, 2.45) is 11.7 Å². The molecule has 0 fully saturated rings. The first-order chi connectivity index (χ1) is 9.72. The van der Waals surface area contributed by atoms with E-state index < -0.39 is 30.4 Å². The van der Waals surface area contributed by atoms with Crippen LogP contribution in [-0.2, 0) is 9.59 Å². The monoisotopic (exact) mass is 301 g/mol. The molecule has 7 nitrogen and oxygen atoms in total. The zero-order chi connectivity index (χ0) is 16.6. The number of hydrogen-bond donors (Lipinski definition) is 3. The molecule has 1 atom stereocenters. The number of carboxylic acid groups (broad SMARTS) is 1. The van der Waals surface area contributed by atoms with Crippen molar-refractivity contribution < 1.29 is 19.5 Å². The first kappa shape index (κ1) is 19.2. The number of nitrogens with zero attached hydrogens (tertiary/aromatic N) is 1. The van der Waals surface area contributed by atoms with E-state index in [9.17, 15) is 14.4 Å². The van der Waals surface area contributed by atoms with Crippen molar-refractivity contribution in [2.75, 3.05) is 6.54 Å². The quantitative estimate of drug-likeness (QED) is 0.593. The number of amides is 3. The lowest BCUT2D eigenvalue weighted by Gasteiger charge is -2.33. The second-order valence-electron chi connectivity index (χ2n) is 5.53. The van der Waals surface area contributed by atoms with E-state index in [-0.39, 0.29) is 12.0 Å². The molecule has 0 spiro atoms. The Bertz CT molecular complexity index is 367. The van der Waals surface area contributed by atoms with E-state index in [2.05, 4.69) is 5.32 Å². The number of rotatable bonds is 9. The number of nitrogens with two attached hydrogens (primary N) is 1. The maximum Gasteiger partial charge on any atom is 0.326 e. The van der Waals surface area contributed by atoms with Crippen molar-refractivity contribution in [1.82, 2.24) is 10.2 Å². The summed E-state index contributed by atoms with van der Waals surface area (Å²) < 4.78 is 0. The summed E-state index contributed by atoms with van der Waals surface area (Å²) in [6.45, 7) is 8.46. The van der Waals surface area contributed by atoms with Crippen LogP contribution in [-0.4, -0.2) is 46.5 Å². The highest BCUT2D eigenvalue weighted by Gasteiger charge is 2.27. The number of nitrogens with one attached hydrogen (secondary N) is 1. The summed E-state index contributed by atoms with van der Waals surface area (Å²) in [5.41, 5.74) is 5.01. The number of carbonyl (C=O) groups excluding carboxylic acids is 2. The van der Waals surface area contributed by atoms with E-state index in [0.29, 0.717) is 6.54 Å². The van der Waals surface area contributed by atoms with E-state index in [1.54, 1.807) is 4.90 Å². The van der Waals surface area contributed by atoms with Gasteiger partial charge in [0.15, 0.2) is 0 Å². The Morgan fingerprint density at radius 3 is 2.05 bits per heavy atom. The zero-order valence-electron chi connectivity index (χ0n) is 13.3. The van der Waals surface area contributed by atoms with E-state index in [1.807, 2.05) is 27.7 Å². The smallest absolute Gasteiger partial charge is 0.326 e. The molecule has 0 bridgehead atoms. The molecule has 0 radical (unpaired) electrons. The van der Waals surface area contributed by atoms with Crippen LogP contribution in [0.25, 0.3) is 0 Å². The molecule has 0 aromatic carbocycles. The number of urea groups is 1. The standard InChI is InChI=1S/C14H27N3O4/c1-5-10(6-2)17(8-9(3)4)14(21)16-11(13(19)20)7-12(15)18/h9-11H,5-8H2,1-4H3,(H2,15,18)(H,16,21)(H,19,20)/t11-/m1/s1. The van der Waals surface area contributed by atoms with Crippen LogP contribution in [0, 0.1) is 5.92 Å². The van der Waals surface area contributed by atoms with Crippen molar-refractivity contribution in [3.05, 3.63) is 0 Å². The second-order valence-corrected chi connectivity index (χ2v) is 5.53. The van der Waals surface area contributed by atoms with Gasteiger partial charge in [-0.05, 0) is 18.8 Å². The first-order valence-corrected chi connectivity index (χ1v) is 7.31. The Balaban J connectivity index is 5.00. The zero-order valence-corrected chi connectivity index (χ0v) is 13.3. The minimum absolute atomic E-state index is 0.0374. The first-order valence-electron chi connectivity index (χ1n) is 7.31. The minimum atomic E-state index is -1.29. The molecule has 0 heterocycles. The van der Waals surface area contributed by atoms with Gasteiger partial charge < -0.3 is 21.1 Å². The van der Waals surface area contributed by atoms with Crippen LogP contribution < -0.4 is 11.1 Å². The van der Waals surface area contributed by atoms with Gasteiger partial charge in [0.05, 0.1) is 6.42 Å².